The van der Waals surface area contributed by atoms with E-state index in [4.69, 9.17) is 0 Å². The molecule has 80 valence electrons. The first-order valence-corrected chi connectivity index (χ1v) is 6.18. The van der Waals surface area contributed by atoms with E-state index in [-0.39, 0.29) is 5.56 Å². The highest BCUT2D eigenvalue weighted by Crippen LogP contribution is 2.29. The largest absolute Gasteiger partial charge is 0.272 e. The number of nitrogens with one attached hydrogen (secondary N) is 1. The highest BCUT2D eigenvalue weighted by Gasteiger charge is 2.07. The van der Waals surface area contributed by atoms with Gasteiger partial charge in [-0.1, -0.05) is 6.07 Å². The molecule has 0 aliphatic carbocycles. The van der Waals surface area contributed by atoms with Crippen molar-refractivity contribution in [3.8, 4) is 10.7 Å². The summed E-state index contributed by atoms with van der Waals surface area (Å²) in [7, 11) is 0. The van der Waals surface area contributed by atoms with Crippen molar-refractivity contribution in [3.05, 3.63) is 44.5 Å². The summed E-state index contributed by atoms with van der Waals surface area (Å²) in [5.74, 6) is 0.707. The molecule has 3 aromatic rings. The van der Waals surface area contributed by atoms with E-state index in [1.54, 1.807) is 23.5 Å². The number of rotatable bonds is 1. The van der Waals surface area contributed by atoms with E-state index < -0.39 is 0 Å². The van der Waals surface area contributed by atoms with Gasteiger partial charge in [-0.2, -0.15) is 4.52 Å². The lowest BCUT2D eigenvalue weighted by molar-refractivity contribution is 0.925. The van der Waals surface area contributed by atoms with E-state index in [1.165, 1.54) is 10.6 Å². The lowest BCUT2D eigenvalue weighted by atomic mass is 10.4. The van der Waals surface area contributed by atoms with Gasteiger partial charge in [0.25, 0.3) is 5.56 Å². The summed E-state index contributed by atoms with van der Waals surface area (Å²) in [5, 5.41) is 2.98. The Morgan fingerprint density at radius 1 is 1.31 bits per heavy atom. The second kappa shape index (κ2) is 3.57. The SMILES string of the molecule is O=c1cccc2nc(-c3ccc(Br)s3)[nH]n12. The zero-order chi connectivity index (χ0) is 11.1. The van der Waals surface area contributed by atoms with E-state index >= 15 is 0 Å². The van der Waals surface area contributed by atoms with E-state index in [0.29, 0.717) is 11.5 Å². The number of pyridine rings is 1. The first-order valence-electron chi connectivity index (χ1n) is 4.57. The maximum atomic E-state index is 11.5. The van der Waals surface area contributed by atoms with Gasteiger partial charge in [0, 0.05) is 6.07 Å². The summed E-state index contributed by atoms with van der Waals surface area (Å²) < 4.78 is 2.47. The van der Waals surface area contributed by atoms with Crippen LogP contribution in [0.2, 0.25) is 0 Å². The molecule has 0 aliphatic rings. The predicted molar refractivity (Wildman–Crippen MR) is 66.8 cm³/mol. The molecule has 0 aliphatic heterocycles. The summed E-state index contributed by atoms with van der Waals surface area (Å²) in [4.78, 5) is 16.9. The second-order valence-corrected chi connectivity index (χ2v) is 5.70. The zero-order valence-corrected chi connectivity index (χ0v) is 10.4. The Bertz CT molecular complexity index is 712. The average Bonchev–Trinajstić information content (AvgIpc) is 2.84. The molecule has 0 saturated carbocycles. The molecule has 6 heteroatoms. The van der Waals surface area contributed by atoms with Gasteiger partial charge < -0.3 is 0 Å². The van der Waals surface area contributed by atoms with E-state index in [9.17, 15) is 4.79 Å². The number of halogens is 1. The molecule has 0 aromatic carbocycles. The Morgan fingerprint density at radius 2 is 2.19 bits per heavy atom. The second-order valence-electron chi connectivity index (χ2n) is 3.23. The van der Waals surface area contributed by atoms with Crippen molar-refractivity contribution in [3.63, 3.8) is 0 Å². The van der Waals surface area contributed by atoms with Crippen LogP contribution >= 0.6 is 27.3 Å². The molecule has 0 saturated heterocycles. The van der Waals surface area contributed by atoms with Gasteiger partial charge in [-0.15, -0.1) is 11.3 Å². The summed E-state index contributed by atoms with van der Waals surface area (Å²) in [6.45, 7) is 0. The number of hydrogen-bond acceptors (Lipinski definition) is 3. The van der Waals surface area contributed by atoms with Crippen LogP contribution in [0.4, 0.5) is 0 Å². The van der Waals surface area contributed by atoms with Crippen molar-refractivity contribution >= 4 is 32.9 Å². The Kier molecular flexibility index (Phi) is 2.19. The van der Waals surface area contributed by atoms with Crippen molar-refractivity contribution in [1.82, 2.24) is 14.6 Å². The minimum absolute atomic E-state index is 0.105. The molecule has 0 fully saturated rings. The van der Waals surface area contributed by atoms with Crippen LogP contribution in [0.1, 0.15) is 0 Å². The third kappa shape index (κ3) is 1.50. The quantitative estimate of drug-likeness (QED) is 0.750. The third-order valence-electron chi connectivity index (χ3n) is 2.18. The molecule has 1 N–H and O–H groups in total. The van der Waals surface area contributed by atoms with Crippen molar-refractivity contribution in [2.45, 2.75) is 0 Å². The molecular formula is C10H6BrN3OS. The molecule has 3 heterocycles. The van der Waals surface area contributed by atoms with Crippen molar-refractivity contribution in [1.29, 1.82) is 0 Å². The van der Waals surface area contributed by atoms with Gasteiger partial charge in [0.2, 0.25) is 0 Å². The fourth-order valence-corrected chi connectivity index (χ4v) is 2.80. The minimum atomic E-state index is -0.105. The Balaban J connectivity index is 2.26. The number of hydrogen-bond donors (Lipinski definition) is 1. The number of nitrogens with zero attached hydrogens (tertiary/aromatic N) is 2. The lowest BCUT2D eigenvalue weighted by Gasteiger charge is -1.87. The fourth-order valence-electron chi connectivity index (χ4n) is 1.48. The van der Waals surface area contributed by atoms with Crippen LogP contribution < -0.4 is 5.56 Å². The van der Waals surface area contributed by atoms with Crippen LogP contribution in [0.3, 0.4) is 0 Å². The average molecular weight is 296 g/mol. The fraction of sp³-hybridized carbons (Fsp3) is 0. The van der Waals surface area contributed by atoms with E-state index in [0.717, 1.165) is 8.66 Å². The summed E-state index contributed by atoms with van der Waals surface area (Å²) >= 11 is 4.97. The molecule has 0 atom stereocenters. The monoisotopic (exact) mass is 295 g/mol. The molecule has 0 amide bonds. The highest BCUT2D eigenvalue weighted by atomic mass is 79.9. The molecule has 4 nitrogen and oxygen atoms in total. The van der Waals surface area contributed by atoms with Gasteiger partial charge in [-0.05, 0) is 34.1 Å². The molecule has 3 aromatic heterocycles. The maximum absolute atomic E-state index is 11.5. The van der Waals surface area contributed by atoms with Gasteiger partial charge in [-0.25, -0.2) is 4.98 Å². The zero-order valence-electron chi connectivity index (χ0n) is 7.98. The Hall–Kier alpha value is -1.40. The molecule has 16 heavy (non-hydrogen) atoms. The van der Waals surface area contributed by atoms with Crippen molar-refractivity contribution in [2.24, 2.45) is 0 Å². The third-order valence-corrected chi connectivity index (χ3v) is 3.81. The topological polar surface area (TPSA) is 50.2 Å². The van der Waals surface area contributed by atoms with E-state index in [1.807, 2.05) is 12.1 Å². The number of fused-ring (bicyclic) bond motifs is 1. The maximum Gasteiger partial charge on any atom is 0.271 e. The summed E-state index contributed by atoms with van der Waals surface area (Å²) in [6.07, 6.45) is 0. The summed E-state index contributed by atoms with van der Waals surface area (Å²) in [5.41, 5.74) is 0.527. The first kappa shape index (κ1) is 9.80. The summed E-state index contributed by atoms with van der Waals surface area (Å²) in [6, 6.07) is 8.91. The van der Waals surface area contributed by atoms with Crippen LogP contribution in [0, 0.1) is 0 Å². The van der Waals surface area contributed by atoms with Gasteiger partial charge >= 0.3 is 0 Å². The molecule has 0 bridgehead atoms. The predicted octanol–water partition coefficient (Wildman–Crippen LogP) is 2.51. The lowest BCUT2D eigenvalue weighted by Crippen LogP contribution is -2.11. The van der Waals surface area contributed by atoms with Crippen LogP contribution in [0.5, 0.6) is 0 Å². The Morgan fingerprint density at radius 3 is 2.88 bits per heavy atom. The normalized spacial score (nSPS) is 11.1. The minimum Gasteiger partial charge on any atom is -0.272 e. The molecule has 3 rings (SSSR count). The van der Waals surface area contributed by atoms with Crippen LogP contribution in [-0.4, -0.2) is 14.6 Å². The number of thiophene rings is 1. The smallest absolute Gasteiger partial charge is 0.271 e. The van der Waals surface area contributed by atoms with Crippen molar-refractivity contribution < 1.29 is 0 Å². The Labute approximate surface area is 103 Å². The first-order chi connectivity index (χ1) is 7.74. The highest BCUT2D eigenvalue weighted by molar-refractivity contribution is 9.11. The molecule has 0 spiro atoms. The van der Waals surface area contributed by atoms with Crippen LogP contribution in [0.15, 0.2) is 38.9 Å². The molecular weight excluding hydrogens is 290 g/mol. The van der Waals surface area contributed by atoms with E-state index in [2.05, 4.69) is 26.0 Å². The van der Waals surface area contributed by atoms with Gasteiger partial charge in [-0.3, -0.25) is 9.89 Å². The van der Waals surface area contributed by atoms with Gasteiger partial charge in [0.1, 0.15) is 0 Å². The van der Waals surface area contributed by atoms with Crippen LogP contribution in [-0.2, 0) is 0 Å². The van der Waals surface area contributed by atoms with Crippen molar-refractivity contribution in [2.75, 3.05) is 0 Å². The molecule has 0 unspecified atom stereocenters. The molecule has 0 radical (unpaired) electrons. The van der Waals surface area contributed by atoms with Crippen LogP contribution in [0.25, 0.3) is 16.3 Å². The standard InChI is InChI=1S/C10H6BrN3OS/c11-7-5-4-6(16-7)10-12-8-2-1-3-9(15)14(8)13-10/h1-5H,(H,12,13). The van der Waals surface area contributed by atoms with Gasteiger partial charge in [0.15, 0.2) is 11.5 Å². The van der Waals surface area contributed by atoms with Gasteiger partial charge in [0.05, 0.1) is 8.66 Å². The number of aromatic amines is 1. The number of aromatic nitrogens is 3. The number of H-pyrrole nitrogens is 1.